The highest BCUT2D eigenvalue weighted by Gasteiger charge is 2.11. The molecule has 0 amide bonds. The van der Waals surface area contributed by atoms with Gasteiger partial charge in [0.1, 0.15) is 5.02 Å². The Bertz CT molecular complexity index is 1160. The van der Waals surface area contributed by atoms with Crippen LogP contribution in [0, 0.1) is 11.3 Å². The maximum absolute atomic E-state index is 11.6. The summed E-state index contributed by atoms with van der Waals surface area (Å²) in [6.45, 7) is 0. The van der Waals surface area contributed by atoms with Crippen molar-refractivity contribution in [3.8, 4) is 6.07 Å². The van der Waals surface area contributed by atoms with E-state index in [0.29, 0.717) is 28.4 Å². The van der Waals surface area contributed by atoms with E-state index in [9.17, 15) is 8.42 Å². The average molecular weight is 415 g/mol. The van der Waals surface area contributed by atoms with Crippen molar-refractivity contribution in [3.05, 3.63) is 65.3 Å². The van der Waals surface area contributed by atoms with Crippen LogP contribution in [0.3, 0.4) is 0 Å². The molecular weight excluding hydrogens is 400 g/mol. The van der Waals surface area contributed by atoms with Crippen molar-refractivity contribution < 1.29 is 8.42 Å². The molecular formula is C18H15ClN6O2S. The Labute approximate surface area is 167 Å². The Morgan fingerprint density at radius 3 is 2.54 bits per heavy atom. The van der Waals surface area contributed by atoms with Crippen molar-refractivity contribution in [3.63, 3.8) is 0 Å². The van der Waals surface area contributed by atoms with Gasteiger partial charge < -0.3 is 10.6 Å². The Kier molecular flexibility index (Phi) is 5.63. The van der Waals surface area contributed by atoms with Crippen molar-refractivity contribution in [2.24, 2.45) is 0 Å². The SMILES string of the molecule is CS(=O)(=O)Nc1ccccc1Nc1nc(Nc2cccc(C#N)c2)ncc1Cl. The number of nitrogens with one attached hydrogen (secondary N) is 3. The molecule has 0 aliphatic rings. The Morgan fingerprint density at radius 1 is 1.07 bits per heavy atom. The van der Waals surface area contributed by atoms with E-state index in [2.05, 4.69) is 31.4 Å². The summed E-state index contributed by atoms with van der Waals surface area (Å²) in [6, 6.07) is 15.7. The molecule has 0 saturated carbocycles. The summed E-state index contributed by atoms with van der Waals surface area (Å²) in [5.74, 6) is 0.550. The first-order valence-corrected chi connectivity index (χ1v) is 10.2. The quantitative estimate of drug-likeness (QED) is 0.560. The van der Waals surface area contributed by atoms with Gasteiger partial charge in [0.05, 0.1) is 35.5 Å². The van der Waals surface area contributed by atoms with Crippen LogP contribution in [-0.2, 0) is 10.0 Å². The predicted molar refractivity (Wildman–Crippen MR) is 110 cm³/mol. The Hall–Kier alpha value is -3.35. The number of nitriles is 1. The van der Waals surface area contributed by atoms with Crippen LogP contribution in [0.1, 0.15) is 5.56 Å². The molecule has 3 rings (SSSR count). The number of para-hydroxylation sites is 2. The van der Waals surface area contributed by atoms with Gasteiger partial charge in [-0.2, -0.15) is 10.2 Å². The van der Waals surface area contributed by atoms with Crippen LogP contribution in [0.4, 0.5) is 28.8 Å². The predicted octanol–water partition coefficient (Wildman–Crippen LogP) is 3.86. The molecule has 28 heavy (non-hydrogen) atoms. The zero-order valence-corrected chi connectivity index (χ0v) is 16.2. The van der Waals surface area contributed by atoms with E-state index in [-0.39, 0.29) is 11.0 Å². The van der Waals surface area contributed by atoms with E-state index in [0.717, 1.165) is 6.26 Å². The molecule has 0 bridgehead atoms. The number of anilines is 5. The molecule has 1 aromatic heterocycles. The number of rotatable bonds is 6. The summed E-state index contributed by atoms with van der Waals surface area (Å²) in [7, 11) is -3.45. The highest BCUT2D eigenvalue weighted by molar-refractivity contribution is 7.92. The lowest BCUT2D eigenvalue weighted by atomic mass is 10.2. The van der Waals surface area contributed by atoms with E-state index < -0.39 is 10.0 Å². The second kappa shape index (κ2) is 8.12. The maximum atomic E-state index is 11.6. The van der Waals surface area contributed by atoms with Crippen LogP contribution in [-0.4, -0.2) is 24.6 Å². The fraction of sp³-hybridized carbons (Fsp3) is 0.0556. The maximum Gasteiger partial charge on any atom is 0.229 e. The second-order valence-corrected chi connectivity index (χ2v) is 7.91. The lowest BCUT2D eigenvalue weighted by molar-refractivity contribution is 0.607. The molecule has 0 fully saturated rings. The number of benzene rings is 2. The van der Waals surface area contributed by atoms with Crippen LogP contribution >= 0.6 is 11.6 Å². The van der Waals surface area contributed by atoms with Crippen LogP contribution in [0.2, 0.25) is 5.02 Å². The van der Waals surface area contributed by atoms with Crippen LogP contribution in [0.15, 0.2) is 54.7 Å². The van der Waals surface area contributed by atoms with Gasteiger partial charge >= 0.3 is 0 Å². The molecule has 3 N–H and O–H groups in total. The van der Waals surface area contributed by atoms with Crippen molar-refractivity contribution in [1.29, 1.82) is 5.26 Å². The molecule has 0 unspecified atom stereocenters. The second-order valence-electron chi connectivity index (χ2n) is 5.75. The molecule has 0 aliphatic carbocycles. The first-order valence-electron chi connectivity index (χ1n) is 7.97. The summed E-state index contributed by atoms with van der Waals surface area (Å²) in [6.07, 6.45) is 2.48. The largest absolute Gasteiger partial charge is 0.337 e. The third-order valence-electron chi connectivity index (χ3n) is 3.47. The highest BCUT2D eigenvalue weighted by atomic mass is 35.5. The zero-order valence-electron chi connectivity index (χ0n) is 14.6. The fourth-order valence-corrected chi connectivity index (χ4v) is 3.03. The molecule has 0 spiro atoms. The van der Waals surface area contributed by atoms with Crippen LogP contribution in [0.25, 0.3) is 0 Å². The minimum atomic E-state index is -3.45. The Morgan fingerprint density at radius 2 is 1.82 bits per heavy atom. The van der Waals surface area contributed by atoms with Gasteiger partial charge in [0.25, 0.3) is 0 Å². The molecule has 8 nitrogen and oxygen atoms in total. The molecule has 2 aromatic carbocycles. The van der Waals surface area contributed by atoms with E-state index in [1.807, 2.05) is 0 Å². The summed E-state index contributed by atoms with van der Waals surface area (Å²) in [4.78, 5) is 8.46. The van der Waals surface area contributed by atoms with Crippen LogP contribution in [0.5, 0.6) is 0 Å². The monoisotopic (exact) mass is 414 g/mol. The van der Waals surface area contributed by atoms with E-state index >= 15 is 0 Å². The molecule has 0 radical (unpaired) electrons. The van der Waals surface area contributed by atoms with Gasteiger partial charge in [0.15, 0.2) is 5.82 Å². The van der Waals surface area contributed by atoms with E-state index in [4.69, 9.17) is 16.9 Å². The summed E-state index contributed by atoms with van der Waals surface area (Å²) in [5, 5.41) is 15.3. The number of nitrogens with zero attached hydrogens (tertiary/aromatic N) is 3. The van der Waals surface area contributed by atoms with E-state index in [1.165, 1.54) is 6.20 Å². The first-order chi connectivity index (χ1) is 13.3. The molecule has 3 aromatic rings. The normalized spacial score (nSPS) is 10.8. The molecule has 0 saturated heterocycles. The average Bonchev–Trinajstić information content (AvgIpc) is 2.65. The molecule has 1 heterocycles. The number of aromatic nitrogens is 2. The first kappa shape index (κ1) is 19.4. The standard InChI is InChI=1S/C18H15ClN6O2S/c1-28(26,27)25-16-8-3-2-7-15(16)23-17-14(19)11-21-18(24-17)22-13-6-4-5-12(9-13)10-20/h2-9,11,25H,1H3,(H2,21,22,23,24). The van der Waals surface area contributed by atoms with Crippen molar-refractivity contribution in [2.75, 3.05) is 21.6 Å². The van der Waals surface area contributed by atoms with Gasteiger partial charge in [-0.05, 0) is 30.3 Å². The highest BCUT2D eigenvalue weighted by Crippen LogP contribution is 2.29. The molecule has 142 valence electrons. The molecule has 0 atom stereocenters. The van der Waals surface area contributed by atoms with Crippen molar-refractivity contribution in [1.82, 2.24) is 9.97 Å². The van der Waals surface area contributed by atoms with Crippen LogP contribution < -0.4 is 15.4 Å². The number of hydrogen-bond donors (Lipinski definition) is 3. The van der Waals surface area contributed by atoms with Gasteiger partial charge in [-0.1, -0.05) is 29.8 Å². The van der Waals surface area contributed by atoms with Crippen molar-refractivity contribution in [2.45, 2.75) is 0 Å². The number of hydrogen-bond acceptors (Lipinski definition) is 7. The Balaban J connectivity index is 1.88. The fourth-order valence-electron chi connectivity index (χ4n) is 2.32. The van der Waals surface area contributed by atoms with Gasteiger partial charge in [0.2, 0.25) is 16.0 Å². The van der Waals surface area contributed by atoms with Gasteiger partial charge in [0, 0.05) is 5.69 Å². The topological polar surface area (TPSA) is 120 Å². The number of halogens is 1. The van der Waals surface area contributed by atoms with Gasteiger partial charge in [-0.3, -0.25) is 4.72 Å². The minimum absolute atomic E-state index is 0.255. The van der Waals surface area contributed by atoms with E-state index in [1.54, 1.807) is 48.5 Å². The number of sulfonamides is 1. The lowest BCUT2D eigenvalue weighted by Crippen LogP contribution is -2.11. The van der Waals surface area contributed by atoms with Crippen molar-refractivity contribution >= 4 is 50.5 Å². The molecule has 0 aliphatic heterocycles. The van der Waals surface area contributed by atoms with Gasteiger partial charge in [-0.15, -0.1) is 0 Å². The minimum Gasteiger partial charge on any atom is -0.337 e. The lowest BCUT2D eigenvalue weighted by Gasteiger charge is -2.14. The van der Waals surface area contributed by atoms with Gasteiger partial charge in [-0.25, -0.2) is 13.4 Å². The third-order valence-corrected chi connectivity index (χ3v) is 4.33. The smallest absolute Gasteiger partial charge is 0.229 e. The molecule has 10 heteroatoms. The summed E-state index contributed by atoms with van der Waals surface area (Å²) >= 11 is 6.19. The summed E-state index contributed by atoms with van der Waals surface area (Å²) in [5.41, 5.74) is 1.98. The summed E-state index contributed by atoms with van der Waals surface area (Å²) < 4.78 is 25.6. The third kappa shape index (κ3) is 5.09. The zero-order chi connectivity index (χ0) is 20.1.